The largest absolute Gasteiger partial charge is 0.513 e. The first-order valence-electron chi connectivity index (χ1n) is 6.62. The summed E-state index contributed by atoms with van der Waals surface area (Å²) in [5, 5.41) is 1.06. The van der Waals surface area contributed by atoms with Crippen LogP contribution < -0.4 is 4.74 Å². The van der Waals surface area contributed by atoms with Gasteiger partial charge in [0.1, 0.15) is 5.75 Å². The summed E-state index contributed by atoms with van der Waals surface area (Å²) in [5.41, 5.74) is 2.37. The van der Waals surface area contributed by atoms with Crippen molar-refractivity contribution in [3.8, 4) is 17.1 Å². The van der Waals surface area contributed by atoms with Gasteiger partial charge in [0, 0.05) is 17.1 Å². The molecular formula is C15H12ClN3O3. The summed E-state index contributed by atoms with van der Waals surface area (Å²) >= 11 is 5.80. The van der Waals surface area contributed by atoms with E-state index in [0.29, 0.717) is 11.4 Å². The van der Waals surface area contributed by atoms with E-state index in [0.717, 1.165) is 16.6 Å². The molecule has 7 heteroatoms. The van der Waals surface area contributed by atoms with Crippen LogP contribution in [0, 0.1) is 0 Å². The third-order valence-electron chi connectivity index (χ3n) is 2.96. The van der Waals surface area contributed by atoms with Crippen LogP contribution in [0.1, 0.15) is 6.92 Å². The highest BCUT2D eigenvalue weighted by Crippen LogP contribution is 2.26. The lowest BCUT2D eigenvalue weighted by Crippen LogP contribution is -2.09. The normalized spacial score (nSPS) is 10.6. The van der Waals surface area contributed by atoms with Crippen molar-refractivity contribution in [3.63, 3.8) is 0 Å². The van der Waals surface area contributed by atoms with Crippen LogP contribution in [-0.4, -0.2) is 27.7 Å². The van der Waals surface area contributed by atoms with Crippen LogP contribution in [-0.2, 0) is 4.74 Å². The molecule has 0 aliphatic carbocycles. The molecule has 1 N–H and O–H groups in total. The second-order valence-corrected chi connectivity index (χ2v) is 4.77. The van der Waals surface area contributed by atoms with Crippen molar-refractivity contribution in [3.05, 3.63) is 41.8 Å². The summed E-state index contributed by atoms with van der Waals surface area (Å²) in [5.74, 6) is 0.414. The van der Waals surface area contributed by atoms with Crippen LogP contribution >= 0.6 is 11.6 Å². The Morgan fingerprint density at radius 1 is 1.32 bits per heavy atom. The molecular weight excluding hydrogens is 306 g/mol. The summed E-state index contributed by atoms with van der Waals surface area (Å²) in [6.45, 7) is 1.99. The third kappa shape index (κ3) is 3.01. The van der Waals surface area contributed by atoms with Crippen LogP contribution in [0.15, 0.2) is 36.5 Å². The van der Waals surface area contributed by atoms with Gasteiger partial charge in [-0.15, -0.1) is 0 Å². The number of nitrogens with zero attached hydrogens (tertiary/aromatic N) is 2. The van der Waals surface area contributed by atoms with Crippen molar-refractivity contribution in [2.24, 2.45) is 0 Å². The molecule has 2 heterocycles. The Balaban J connectivity index is 1.92. The van der Waals surface area contributed by atoms with E-state index < -0.39 is 6.16 Å². The van der Waals surface area contributed by atoms with E-state index in [2.05, 4.69) is 15.0 Å². The van der Waals surface area contributed by atoms with E-state index in [9.17, 15) is 4.79 Å². The summed E-state index contributed by atoms with van der Waals surface area (Å²) in [4.78, 5) is 22.6. The van der Waals surface area contributed by atoms with E-state index in [1.807, 2.05) is 12.1 Å². The molecule has 0 unspecified atom stereocenters. The first-order valence-corrected chi connectivity index (χ1v) is 7.00. The van der Waals surface area contributed by atoms with Gasteiger partial charge in [-0.3, -0.25) is 0 Å². The lowest BCUT2D eigenvalue weighted by Gasteiger charge is -2.03. The predicted octanol–water partition coefficient (Wildman–Crippen LogP) is 3.81. The van der Waals surface area contributed by atoms with Crippen molar-refractivity contribution in [1.29, 1.82) is 0 Å². The van der Waals surface area contributed by atoms with Crippen molar-refractivity contribution >= 4 is 28.7 Å². The standard InChI is InChI=1S/C15H12ClN3O3/c1-2-21-15(20)22-10-3-4-11-9(7-10)8-13(18-11)12-5-6-17-14(16)19-12/h3-8,18H,2H2,1H3. The molecule has 0 saturated carbocycles. The zero-order valence-corrected chi connectivity index (χ0v) is 12.4. The Morgan fingerprint density at radius 2 is 2.18 bits per heavy atom. The van der Waals surface area contributed by atoms with Gasteiger partial charge in [0.2, 0.25) is 5.28 Å². The maximum Gasteiger partial charge on any atom is 0.513 e. The lowest BCUT2D eigenvalue weighted by atomic mass is 10.2. The van der Waals surface area contributed by atoms with Crippen LogP contribution in [0.4, 0.5) is 4.79 Å². The average Bonchev–Trinajstić information content (AvgIpc) is 2.90. The number of fused-ring (bicyclic) bond motifs is 1. The molecule has 22 heavy (non-hydrogen) atoms. The molecule has 0 saturated heterocycles. The minimum atomic E-state index is -0.722. The number of aromatic amines is 1. The Labute approximate surface area is 131 Å². The number of carbonyl (C=O) groups excluding carboxylic acids is 1. The Kier molecular flexibility index (Phi) is 3.93. The Hall–Kier alpha value is -2.60. The maximum atomic E-state index is 11.3. The zero-order chi connectivity index (χ0) is 15.5. The molecule has 6 nitrogen and oxygen atoms in total. The Bertz CT molecular complexity index is 832. The highest BCUT2D eigenvalue weighted by Gasteiger charge is 2.09. The van der Waals surface area contributed by atoms with Crippen molar-refractivity contribution < 1.29 is 14.3 Å². The van der Waals surface area contributed by atoms with E-state index in [-0.39, 0.29) is 11.9 Å². The minimum absolute atomic E-state index is 0.183. The summed E-state index contributed by atoms with van der Waals surface area (Å²) in [7, 11) is 0. The van der Waals surface area contributed by atoms with Gasteiger partial charge in [-0.1, -0.05) is 0 Å². The number of hydrogen-bond acceptors (Lipinski definition) is 5. The smallest absolute Gasteiger partial charge is 0.434 e. The number of H-pyrrole nitrogens is 1. The molecule has 2 aromatic heterocycles. The molecule has 112 valence electrons. The molecule has 3 rings (SSSR count). The number of aromatic nitrogens is 3. The van der Waals surface area contributed by atoms with Gasteiger partial charge in [0.25, 0.3) is 0 Å². The van der Waals surface area contributed by atoms with Crippen molar-refractivity contribution in [2.75, 3.05) is 6.61 Å². The van der Waals surface area contributed by atoms with Crippen molar-refractivity contribution in [1.82, 2.24) is 15.0 Å². The van der Waals surface area contributed by atoms with E-state index >= 15 is 0 Å². The van der Waals surface area contributed by atoms with E-state index in [1.54, 1.807) is 31.3 Å². The van der Waals surface area contributed by atoms with Gasteiger partial charge in [-0.2, -0.15) is 0 Å². The number of nitrogens with one attached hydrogen (secondary N) is 1. The second kappa shape index (κ2) is 6.03. The number of halogens is 1. The van der Waals surface area contributed by atoms with Gasteiger partial charge in [0.05, 0.1) is 18.0 Å². The van der Waals surface area contributed by atoms with Gasteiger partial charge < -0.3 is 14.5 Å². The monoisotopic (exact) mass is 317 g/mol. The Morgan fingerprint density at radius 3 is 2.95 bits per heavy atom. The fourth-order valence-electron chi connectivity index (χ4n) is 2.04. The molecule has 0 fully saturated rings. The molecule has 0 radical (unpaired) electrons. The van der Waals surface area contributed by atoms with Gasteiger partial charge in [-0.05, 0) is 48.9 Å². The summed E-state index contributed by atoms with van der Waals surface area (Å²) in [6, 6.07) is 8.90. The molecule has 0 aliphatic heterocycles. The van der Waals surface area contributed by atoms with E-state index in [4.69, 9.17) is 21.1 Å². The van der Waals surface area contributed by atoms with Gasteiger partial charge in [0.15, 0.2) is 0 Å². The summed E-state index contributed by atoms with van der Waals surface area (Å²) in [6.07, 6.45) is 0.867. The number of hydrogen-bond donors (Lipinski definition) is 1. The lowest BCUT2D eigenvalue weighted by molar-refractivity contribution is 0.104. The molecule has 0 amide bonds. The first kappa shape index (κ1) is 14.3. The molecule has 0 aliphatic rings. The predicted molar refractivity (Wildman–Crippen MR) is 82.0 cm³/mol. The quantitative estimate of drug-likeness (QED) is 0.451. The second-order valence-electron chi connectivity index (χ2n) is 4.43. The van der Waals surface area contributed by atoms with E-state index in [1.165, 1.54) is 0 Å². The fraction of sp³-hybridized carbons (Fsp3) is 0.133. The maximum absolute atomic E-state index is 11.3. The van der Waals surface area contributed by atoms with Crippen LogP contribution in [0.3, 0.4) is 0 Å². The molecule has 0 spiro atoms. The number of ether oxygens (including phenoxy) is 2. The minimum Gasteiger partial charge on any atom is -0.434 e. The zero-order valence-electron chi connectivity index (χ0n) is 11.7. The number of carbonyl (C=O) groups is 1. The average molecular weight is 318 g/mol. The number of rotatable bonds is 3. The van der Waals surface area contributed by atoms with Crippen LogP contribution in [0.25, 0.3) is 22.3 Å². The topological polar surface area (TPSA) is 77.1 Å². The summed E-state index contributed by atoms with van der Waals surface area (Å²) < 4.78 is 9.82. The van der Waals surface area contributed by atoms with Gasteiger partial charge in [-0.25, -0.2) is 14.8 Å². The third-order valence-corrected chi connectivity index (χ3v) is 3.14. The van der Waals surface area contributed by atoms with Crippen LogP contribution in [0.5, 0.6) is 5.75 Å². The highest BCUT2D eigenvalue weighted by atomic mass is 35.5. The number of benzene rings is 1. The van der Waals surface area contributed by atoms with Crippen molar-refractivity contribution in [2.45, 2.75) is 6.92 Å². The molecule has 0 atom stereocenters. The first-order chi connectivity index (χ1) is 10.7. The van der Waals surface area contributed by atoms with Crippen LogP contribution in [0.2, 0.25) is 5.28 Å². The van der Waals surface area contributed by atoms with Gasteiger partial charge >= 0.3 is 6.16 Å². The fourth-order valence-corrected chi connectivity index (χ4v) is 2.19. The molecule has 0 bridgehead atoms. The molecule has 1 aromatic carbocycles. The molecule has 3 aromatic rings. The SMILES string of the molecule is CCOC(=O)Oc1ccc2[nH]c(-c3ccnc(Cl)n3)cc2c1. The highest BCUT2D eigenvalue weighted by molar-refractivity contribution is 6.28.